The van der Waals surface area contributed by atoms with E-state index in [9.17, 15) is 9.59 Å². The van der Waals surface area contributed by atoms with Crippen LogP contribution in [0.25, 0.3) is 16.9 Å². The maximum atomic E-state index is 12.9. The fraction of sp³-hybridized carbons (Fsp3) is 0.217. The molecule has 6 nitrogen and oxygen atoms in total. The fourth-order valence-corrected chi connectivity index (χ4v) is 4.01. The van der Waals surface area contributed by atoms with Gasteiger partial charge in [-0.15, -0.1) is 11.3 Å². The highest BCUT2D eigenvalue weighted by molar-refractivity contribution is 7.12. The SMILES string of the molecule is Cc1cc(-c2cccc(NC(=O)CC(C)C)c2)n2ncc(C(=O)c3cccs3)c2n1. The van der Waals surface area contributed by atoms with Crippen LogP contribution in [0.1, 0.15) is 41.2 Å². The monoisotopic (exact) mass is 418 g/mol. The average molecular weight is 419 g/mol. The summed E-state index contributed by atoms with van der Waals surface area (Å²) in [6.07, 6.45) is 2.04. The number of carbonyl (C=O) groups excluding carboxylic acids is 2. The molecule has 4 rings (SSSR count). The lowest BCUT2D eigenvalue weighted by atomic mass is 10.1. The Morgan fingerprint density at radius 1 is 1.17 bits per heavy atom. The average Bonchev–Trinajstić information content (AvgIpc) is 3.36. The first-order valence-electron chi connectivity index (χ1n) is 9.76. The molecule has 0 saturated carbocycles. The number of thiophene rings is 1. The minimum atomic E-state index is -0.0845. The van der Waals surface area contributed by atoms with E-state index in [1.807, 2.05) is 62.5 Å². The largest absolute Gasteiger partial charge is 0.326 e. The molecule has 0 atom stereocenters. The van der Waals surface area contributed by atoms with Gasteiger partial charge in [-0.3, -0.25) is 9.59 Å². The molecule has 0 unspecified atom stereocenters. The molecule has 3 heterocycles. The molecule has 0 aliphatic carbocycles. The van der Waals surface area contributed by atoms with Crippen LogP contribution in [0.3, 0.4) is 0 Å². The summed E-state index contributed by atoms with van der Waals surface area (Å²) >= 11 is 1.40. The van der Waals surface area contributed by atoms with Gasteiger partial charge in [-0.25, -0.2) is 9.50 Å². The summed E-state index contributed by atoms with van der Waals surface area (Å²) in [5.41, 5.74) is 4.20. The molecule has 7 heteroatoms. The van der Waals surface area contributed by atoms with Gasteiger partial charge >= 0.3 is 0 Å². The second-order valence-corrected chi connectivity index (χ2v) is 8.56. The highest BCUT2D eigenvalue weighted by Crippen LogP contribution is 2.26. The number of ketones is 1. The number of nitrogens with one attached hydrogen (secondary N) is 1. The molecular weight excluding hydrogens is 396 g/mol. The van der Waals surface area contributed by atoms with Gasteiger partial charge in [-0.1, -0.05) is 32.0 Å². The van der Waals surface area contributed by atoms with Crippen molar-refractivity contribution in [2.45, 2.75) is 27.2 Å². The summed E-state index contributed by atoms with van der Waals surface area (Å²) in [4.78, 5) is 30.3. The minimum absolute atomic E-state index is 0.0128. The van der Waals surface area contributed by atoms with Crippen LogP contribution < -0.4 is 5.32 Å². The highest BCUT2D eigenvalue weighted by atomic mass is 32.1. The van der Waals surface area contributed by atoms with Gasteiger partial charge in [0.1, 0.15) is 0 Å². The summed E-state index contributed by atoms with van der Waals surface area (Å²) in [7, 11) is 0. The number of benzene rings is 1. The van der Waals surface area contributed by atoms with Crippen LogP contribution in [0.15, 0.2) is 54.0 Å². The standard InChI is InChI=1S/C23H22N4O2S/c1-14(2)10-21(28)26-17-7-4-6-16(12-17)19-11-15(3)25-23-18(13-24-27(19)23)22(29)20-8-5-9-30-20/h4-9,11-14H,10H2,1-3H3,(H,26,28). The Balaban J connectivity index is 1.74. The number of fused-ring (bicyclic) bond motifs is 1. The van der Waals surface area contributed by atoms with Gasteiger partial charge in [0.2, 0.25) is 11.7 Å². The van der Waals surface area contributed by atoms with E-state index in [0.717, 1.165) is 22.6 Å². The first-order chi connectivity index (χ1) is 14.4. The zero-order chi connectivity index (χ0) is 21.3. The van der Waals surface area contributed by atoms with Crippen LogP contribution in [-0.4, -0.2) is 26.3 Å². The van der Waals surface area contributed by atoms with E-state index < -0.39 is 0 Å². The molecule has 1 aromatic carbocycles. The molecule has 4 aromatic rings. The van der Waals surface area contributed by atoms with Crippen LogP contribution in [0.4, 0.5) is 5.69 Å². The number of nitrogens with zero attached hydrogens (tertiary/aromatic N) is 3. The predicted molar refractivity (Wildman–Crippen MR) is 119 cm³/mol. The normalized spacial score (nSPS) is 11.2. The Morgan fingerprint density at radius 3 is 2.73 bits per heavy atom. The summed E-state index contributed by atoms with van der Waals surface area (Å²) in [5, 5.41) is 9.28. The number of rotatable bonds is 6. The molecule has 152 valence electrons. The van der Waals surface area contributed by atoms with Crippen LogP contribution in [0.2, 0.25) is 0 Å². The predicted octanol–water partition coefficient (Wildman–Crippen LogP) is 4.98. The minimum Gasteiger partial charge on any atom is -0.326 e. The van der Waals surface area contributed by atoms with Gasteiger partial charge in [0.25, 0.3) is 0 Å². The Kier molecular flexibility index (Phi) is 5.46. The van der Waals surface area contributed by atoms with Crippen molar-refractivity contribution in [3.05, 3.63) is 70.2 Å². The number of anilines is 1. The van der Waals surface area contributed by atoms with Crippen molar-refractivity contribution >= 4 is 34.4 Å². The molecular formula is C23H22N4O2S. The van der Waals surface area contributed by atoms with Crippen LogP contribution in [-0.2, 0) is 4.79 Å². The maximum Gasteiger partial charge on any atom is 0.224 e. The van der Waals surface area contributed by atoms with Gasteiger partial charge in [0, 0.05) is 23.4 Å². The first-order valence-corrected chi connectivity index (χ1v) is 10.6. The zero-order valence-electron chi connectivity index (χ0n) is 17.0. The number of hydrogen-bond donors (Lipinski definition) is 1. The molecule has 1 amide bonds. The van der Waals surface area contributed by atoms with Crippen molar-refractivity contribution < 1.29 is 9.59 Å². The molecule has 0 fully saturated rings. The van der Waals surface area contributed by atoms with Gasteiger partial charge in [0.15, 0.2) is 5.65 Å². The van der Waals surface area contributed by atoms with Crippen LogP contribution >= 0.6 is 11.3 Å². The Hall–Kier alpha value is -3.32. The molecule has 0 aliphatic rings. The smallest absolute Gasteiger partial charge is 0.224 e. The van der Waals surface area contributed by atoms with E-state index in [-0.39, 0.29) is 11.7 Å². The second-order valence-electron chi connectivity index (χ2n) is 7.61. The lowest BCUT2D eigenvalue weighted by molar-refractivity contribution is -0.116. The van der Waals surface area contributed by atoms with Crippen molar-refractivity contribution in [1.82, 2.24) is 14.6 Å². The summed E-state index contributed by atoms with van der Waals surface area (Å²) < 4.78 is 1.68. The third-order valence-corrected chi connectivity index (χ3v) is 5.49. The third kappa shape index (κ3) is 4.02. The quantitative estimate of drug-likeness (QED) is 0.448. The summed E-state index contributed by atoms with van der Waals surface area (Å²) in [5.74, 6) is 0.193. The Morgan fingerprint density at radius 2 is 2.00 bits per heavy atom. The van der Waals surface area contributed by atoms with Crippen molar-refractivity contribution in [2.75, 3.05) is 5.32 Å². The number of amides is 1. The second kappa shape index (κ2) is 8.20. The summed E-state index contributed by atoms with van der Waals surface area (Å²) in [6, 6.07) is 13.2. The van der Waals surface area contributed by atoms with Gasteiger partial charge in [-0.05, 0) is 42.5 Å². The number of hydrogen-bond acceptors (Lipinski definition) is 5. The number of aryl methyl sites for hydroxylation is 1. The first kappa shape index (κ1) is 20.0. The fourth-order valence-electron chi connectivity index (χ4n) is 3.33. The maximum absolute atomic E-state index is 12.9. The van der Waals surface area contributed by atoms with E-state index in [0.29, 0.717) is 28.4 Å². The highest BCUT2D eigenvalue weighted by Gasteiger charge is 2.19. The number of carbonyl (C=O) groups is 2. The number of aromatic nitrogens is 3. The van der Waals surface area contributed by atoms with Crippen LogP contribution in [0, 0.1) is 12.8 Å². The van der Waals surface area contributed by atoms with Crippen molar-refractivity contribution in [3.8, 4) is 11.3 Å². The van der Waals surface area contributed by atoms with Gasteiger partial charge in [0.05, 0.1) is 22.3 Å². The molecule has 0 saturated heterocycles. The van der Waals surface area contributed by atoms with Crippen LogP contribution in [0.5, 0.6) is 0 Å². The molecule has 1 N–H and O–H groups in total. The molecule has 0 bridgehead atoms. The summed E-state index contributed by atoms with van der Waals surface area (Å²) in [6.45, 7) is 5.92. The van der Waals surface area contributed by atoms with E-state index in [4.69, 9.17) is 0 Å². The van der Waals surface area contributed by atoms with Crippen molar-refractivity contribution in [2.24, 2.45) is 5.92 Å². The molecule has 3 aromatic heterocycles. The van der Waals surface area contributed by atoms with E-state index >= 15 is 0 Å². The Bertz CT molecular complexity index is 1230. The topological polar surface area (TPSA) is 76.4 Å². The van der Waals surface area contributed by atoms with Gasteiger partial charge < -0.3 is 5.32 Å². The lowest BCUT2D eigenvalue weighted by Gasteiger charge is -2.11. The molecule has 0 spiro atoms. The van der Waals surface area contributed by atoms with Gasteiger partial charge in [-0.2, -0.15) is 5.10 Å². The third-order valence-electron chi connectivity index (χ3n) is 4.63. The Labute approximate surface area is 178 Å². The van der Waals surface area contributed by atoms with Crippen molar-refractivity contribution in [1.29, 1.82) is 0 Å². The zero-order valence-corrected chi connectivity index (χ0v) is 17.9. The molecule has 0 radical (unpaired) electrons. The lowest BCUT2D eigenvalue weighted by Crippen LogP contribution is -2.13. The van der Waals surface area contributed by atoms with E-state index in [1.165, 1.54) is 11.3 Å². The van der Waals surface area contributed by atoms with Crippen molar-refractivity contribution in [3.63, 3.8) is 0 Å². The molecule has 0 aliphatic heterocycles. The molecule has 30 heavy (non-hydrogen) atoms. The van der Waals surface area contributed by atoms with E-state index in [2.05, 4.69) is 15.4 Å². The van der Waals surface area contributed by atoms with E-state index in [1.54, 1.807) is 16.8 Å².